The van der Waals surface area contributed by atoms with Gasteiger partial charge >= 0.3 is 0 Å². The fourth-order valence-corrected chi connectivity index (χ4v) is 5.16. The zero-order chi connectivity index (χ0) is 31.5. The molecule has 0 saturated heterocycles. The molecule has 2 unspecified atom stereocenters. The SMILES string of the molecule is CCCCCC/C=C\C/C=C\CCCCCCCCCC(=O)NC(CO)C(O)/C=C/CC/C=C/CCCCCCCCC. The van der Waals surface area contributed by atoms with E-state index in [1.54, 1.807) is 6.08 Å². The number of allylic oxidation sites excluding steroid dienone is 7. The maximum absolute atomic E-state index is 12.3. The van der Waals surface area contributed by atoms with Gasteiger partial charge in [-0.3, -0.25) is 4.79 Å². The van der Waals surface area contributed by atoms with Crippen LogP contribution in [0.5, 0.6) is 0 Å². The summed E-state index contributed by atoms with van der Waals surface area (Å²) in [5.41, 5.74) is 0. The standard InChI is InChI=1S/C39H71NO3/c1-3-5-7-9-11-13-15-17-18-19-20-21-23-25-27-29-31-33-35-39(43)40-37(36-41)38(42)34-32-30-28-26-24-22-16-14-12-10-8-6-4-2/h13,15,18-19,24,26,32,34,37-38,41-42H,3-12,14,16-17,20-23,25,27-31,33,35-36H2,1-2H3,(H,40,43)/b15-13-,19-18-,26-24+,34-32+. The van der Waals surface area contributed by atoms with Crippen LogP contribution in [0.1, 0.15) is 174 Å². The van der Waals surface area contributed by atoms with Crippen molar-refractivity contribution in [3.8, 4) is 0 Å². The molecule has 0 bridgehead atoms. The van der Waals surface area contributed by atoms with Crippen LogP contribution in [-0.2, 0) is 4.79 Å². The second kappa shape index (κ2) is 34.8. The molecule has 1 amide bonds. The molecule has 3 N–H and O–H groups in total. The number of carbonyl (C=O) groups is 1. The normalized spacial score (nSPS) is 13.7. The molecule has 0 saturated carbocycles. The summed E-state index contributed by atoms with van der Waals surface area (Å²) in [6, 6.07) is -0.641. The van der Waals surface area contributed by atoms with Crippen molar-refractivity contribution < 1.29 is 15.0 Å². The number of rotatable bonds is 32. The Morgan fingerprint density at radius 1 is 0.558 bits per heavy atom. The Hall–Kier alpha value is -1.65. The third-order valence-corrected chi connectivity index (χ3v) is 8.03. The molecule has 0 aromatic heterocycles. The van der Waals surface area contributed by atoms with Crippen molar-refractivity contribution in [1.29, 1.82) is 0 Å². The van der Waals surface area contributed by atoms with E-state index in [0.717, 1.165) is 44.9 Å². The van der Waals surface area contributed by atoms with Crippen molar-refractivity contribution in [3.63, 3.8) is 0 Å². The van der Waals surface area contributed by atoms with Crippen molar-refractivity contribution in [2.24, 2.45) is 0 Å². The minimum atomic E-state index is -0.864. The smallest absolute Gasteiger partial charge is 0.220 e. The number of nitrogens with one attached hydrogen (secondary N) is 1. The summed E-state index contributed by atoms with van der Waals surface area (Å²) < 4.78 is 0. The van der Waals surface area contributed by atoms with Crippen molar-refractivity contribution in [1.82, 2.24) is 5.32 Å². The molecule has 0 aliphatic carbocycles. The first-order chi connectivity index (χ1) is 21.2. The summed E-state index contributed by atoms with van der Waals surface area (Å²) in [4.78, 5) is 12.3. The van der Waals surface area contributed by atoms with Gasteiger partial charge in [0.25, 0.3) is 0 Å². The summed E-state index contributed by atoms with van der Waals surface area (Å²) in [5, 5.41) is 22.8. The van der Waals surface area contributed by atoms with E-state index in [2.05, 4.69) is 55.6 Å². The highest BCUT2D eigenvalue weighted by molar-refractivity contribution is 5.76. The Morgan fingerprint density at radius 2 is 0.977 bits per heavy atom. The zero-order valence-corrected chi connectivity index (χ0v) is 28.5. The number of unbranched alkanes of at least 4 members (excludes halogenated alkanes) is 19. The molecule has 0 aromatic rings. The van der Waals surface area contributed by atoms with Crippen LogP contribution in [0.2, 0.25) is 0 Å². The molecule has 0 heterocycles. The van der Waals surface area contributed by atoms with E-state index in [1.807, 2.05) is 6.08 Å². The highest BCUT2D eigenvalue weighted by atomic mass is 16.3. The van der Waals surface area contributed by atoms with Crippen LogP contribution in [0.3, 0.4) is 0 Å². The number of amides is 1. The van der Waals surface area contributed by atoms with Crippen LogP contribution in [0.15, 0.2) is 48.6 Å². The quantitative estimate of drug-likeness (QED) is 0.0530. The second-order valence-corrected chi connectivity index (χ2v) is 12.3. The van der Waals surface area contributed by atoms with Gasteiger partial charge in [-0.05, 0) is 64.2 Å². The number of carbonyl (C=O) groups excluding carboxylic acids is 1. The third-order valence-electron chi connectivity index (χ3n) is 8.03. The van der Waals surface area contributed by atoms with Crippen molar-refractivity contribution in [2.75, 3.05) is 6.61 Å². The Balaban J connectivity index is 3.69. The van der Waals surface area contributed by atoms with Gasteiger partial charge in [0.05, 0.1) is 18.8 Å². The van der Waals surface area contributed by atoms with Crippen molar-refractivity contribution >= 4 is 5.91 Å². The molecule has 0 spiro atoms. The molecular weight excluding hydrogens is 530 g/mol. The minimum Gasteiger partial charge on any atom is -0.394 e. The van der Waals surface area contributed by atoms with Gasteiger partial charge in [0.15, 0.2) is 0 Å². The van der Waals surface area contributed by atoms with E-state index < -0.39 is 12.1 Å². The van der Waals surface area contributed by atoms with E-state index in [-0.39, 0.29) is 12.5 Å². The number of hydrogen-bond acceptors (Lipinski definition) is 3. The molecule has 43 heavy (non-hydrogen) atoms. The molecule has 0 radical (unpaired) electrons. The highest BCUT2D eigenvalue weighted by Crippen LogP contribution is 2.11. The van der Waals surface area contributed by atoms with Gasteiger partial charge in [-0.15, -0.1) is 0 Å². The predicted molar refractivity (Wildman–Crippen MR) is 188 cm³/mol. The van der Waals surface area contributed by atoms with Gasteiger partial charge in [0.1, 0.15) is 0 Å². The minimum absolute atomic E-state index is 0.0853. The Morgan fingerprint density at radius 3 is 1.51 bits per heavy atom. The zero-order valence-electron chi connectivity index (χ0n) is 28.5. The maximum atomic E-state index is 12.3. The first kappa shape index (κ1) is 41.4. The van der Waals surface area contributed by atoms with Gasteiger partial charge < -0.3 is 15.5 Å². The third kappa shape index (κ3) is 31.6. The fourth-order valence-electron chi connectivity index (χ4n) is 5.16. The van der Waals surface area contributed by atoms with E-state index in [9.17, 15) is 15.0 Å². The Labute approximate surface area is 267 Å². The summed E-state index contributed by atoms with van der Waals surface area (Å²) in [6.45, 7) is 4.25. The van der Waals surface area contributed by atoms with E-state index in [1.165, 1.54) is 109 Å². The lowest BCUT2D eigenvalue weighted by atomic mass is 10.1. The highest BCUT2D eigenvalue weighted by Gasteiger charge is 2.17. The van der Waals surface area contributed by atoms with E-state index in [0.29, 0.717) is 6.42 Å². The van der Waals surface area contributed by atoms with Crippen molar-refractivity contribution in [3.05, 3.63) is 48.6 Å². The lowest BCUT2D eigenvalue weighted by Crippen LogP contribution is -2.45. The van der Waals surface area contributed by atoms with Crippen LogP contribution in [0.25, 0.3) is 0 Å². The molecular formula is C39H71NO3. The monoisotopic (exact) mass is 602 g/mol. The Bertz CT molecular complexity index is 697. The van der Waals surface area contributed by atoms with E-state index >= 15 is 0 Å². The van der Waals surface area contributed by atoms with Gasteiger partial charge in [-0.1, -0.05) is 152 Å². The average Bonchev–Trinajstić information content (AvgIpc) is 3.01. The van der Waals surface area contributed by atoms with Crippen LogP contribution >= 0.6 is 0 Å². The van der Waals surface area contributed by atoms with Gasteiger partial charge in [0.2, 0.25) is 5.91 Å². The molecule has 0 aromatic carbocycles. The summed E-state index contributed by atoms with van der Waals surface area (Å²) in [7, 11) is 0. The second-order valence-electron chi connectivity index (χ2n) is 12.3. The predicted octanol–water partition coefficient (Wildman–Crippen LogP) is 10.8. The van der Waals surface area contributed by atoms with Gasteiger partial charge in [-0.2, -0.15) is 0 Å². The van der Waals surface area contributed by atoms with Crippen LogP contribution in [0.4, 0.5) is 0 Å². The first-order valence-electron chi connectivity index (χ1n) is 18.4. The molecule has 4 heteroatoms. The fraction of sp³-hybridized carbons (Fsp3) is 0.769. The summed E-state index contributed by atoms with van der Waals surface area (Å²) >= 11 is 0. The lowest BCUT2D eigenvalue weighted by Gasteiger charge is -2.19. The lowest BCUT2D eigenvalue weighted by molar-refractivity contribution is -0.123. The molecule has 250 valence electrons. The van der Waals surface area contributed by atoms with Gasteiger partial charge in [-0.25, -0.2) is 0 Å². The number of aliphatic hydroxyl groups excluding tert-OH is 2. The van der Waals surface area contributed by atoms with Crippen LogP contribution < -0.4 is 5.32 Å². The van der Waals surface area contributed by atoms with Crippen LogP contribution in [0, 0.1) is 0 Å². The van der Waals surface area contributed by atoms with Gasteiger partial charge in [0, 0.05) is 6.42 Å². The van der Waals surface area contributed by atoms with E-state index in [4.69, 9.17) is 0 Å². The molecule has 4 nitrogen and oxygen atoms in total. The molecule has 2 atom stereocenters. The summed E-state index contributed by atoms with van der Waals surface area (Å²) in [6.07, 6.45) is 46.2. The largest absolute Gasteiger partial charge is 0.394 e. The molecule has 0 aliphatic rings. The maximum Gasteiger partial charge on any atom is 0.220 e. The van der Waals surface area contributed by atoms with Crippen LogP contribution in [-0.4, -0.2) is 34.9 Å². The first-order valence-corrected chi connectivity index (χ1v) is 18.4. The average molecular weight is 602 g/mol. The van der Waals surface area contributed by atoms with Crippen molar-refractivity contribution in [2.45, 2.75) is 187 Å². The molecule has 0 fully saturated rings. The molecule has 0 aliphatic heterocycles. The Kier molecular flexibility index (Phi) is 33.5. The molecule has 0 rings (SSSR count). The topological polar surface area (TPSA) is 69.6 Å². The summed E-state index contributed by atoms with van der Waals surface area (Å²) in [5.74, 6) is -0.0853. The number of aliphatic hydroxyl groups is 2. The number of hydrogen-bond donors (Lipinski definition) is 3.